The summed E-state index contributed by atoms with van der Waals surface area (Å²) < 4.78 is 6.54. The molecule has 0 bridgehead atoms. The zero-order chi connectivity index (χ0) is 23.5. The normalized spacial score (nSPS) is 13.9. The first-order valence-corrected chi connectivity index (χ1v) is 11.0. The van der Waals surface area contributed by atoms with Gasteiger partial charge in [-0.3, -0.25) is 4.79 Å². The molecule has 174 valence electrons. The Hall–Kier alpha value is -3.69. The number of esters is 1. The number of hydrogen-bond acceptors (Lipinski definition) is 7. The Bertz CT molecular complexity index is 1170. The summed E-state index contributed by atoms with van der Waals surface area (Å²) >= 11 is 0. The second-order valence-corrected chi connectivity index (χ2v) is 8.20. The number of anilines is 1. The fourth-order valence-corrected chi connectivity index (χ4v) is 4.07. The molecule has 4 rings (SSSR count). The number of aromatic nitrogens is 4. The highest BCUT2D eigenvalue weighted by Crippen LogP contribution is 2.29. The van der Waals surface area contributed by atoms with Crippen molar-refractivity contribution in [2.24, 2.45) is 0 Å². The van der Waals surface area contributed by atoms with Crippen LogP contribution in [0.3, 0.4) is 0 Å². The number of hydrogen-bond donors (Lipinski definition) is 1. The van der Waals surface area contributed by atoms with Gasteiger partial charge in [0.15, 0.2) is 5.82 Å². The summed E-state index contributed by atoms with van der Waals surface area (Å²) in [5.74, 6) is 0.387. The Balaban J connectivity index is 1.51. The van der Waals surface area contributed by atoms with Crippen LogP contribution >= 0.6 is 0 Å². The Labute approximate surface area is 192 Å². The molecule has 10 heteroatoms. The number of urea groups is 1. The third kappa shape index (κ3) is 4.59. The number of rotatable bonds is 5. The number of piperazine rings is 1. The van der Waals surface area contributed by atoms with Crippen molar-refractivity contribution in [3.05, 3.63) is 41.2 Å². The van der Waals surface area contributed by atoms with Gasteiger partial charge < -0.3 is 19.9 Å². The van der Waals surface area contributed by atoms with Gasteiger partial charge in [-0.1, -0.05) is 17.7 Å². The van der Waals surface area contributed by atoms with Gasteiger partial charge in [0.05, 0.1) is 36.0 Å². The number of ether oxygens (including phenoxy) is 1. The first-order chi connectivity index (χ1) is 15.9. The van der Waals surface area contributed by atoms with Gasteiger partial charge in [-0.25, -0.2) is 9.48 Å². The van der Waals surface area contributed by atoms with E-state index in [0.717, 1.165) is 33.8 Å². The summed E-state index contributed by atoms with van der Waals surface area (Å²) in [6.45, 7) is 8.63. The van der Waals surface area contributed by atoms with Crippen molar-refractivity contribution in [3.8, 4) is 5.69 Å². The molecule has 0 unspecified atom stereocenters. The van der Waals surface area contributed by atoms with E-state index in [0.29, 0.717) is 26.2 Å². The van der Waals surface area contributed by atoms with Crippen molar-refractivity contribution in [3.63, 3.8) is 0 Å². The summed E-state index contributed by atoms with van der Waals surface area (Å²) in [7, 11) is 1.33. The number of amides is 2. The molecule has 0 saturated carbocycles. The van der Waals surface area contributed by atoms with Crippen LogP contribution in [0.4, 0.5) is 10.6 Å². The van der Waals surface area contributed by atoms with Crippen molar-refractivity contribution in [2.75, 3.05) is 44.7 Å². The maximum atomic E-state index is 12.4. The molecular formula is C23H29N7O3. The molecule has 3 aromatic rings. The van der Waals surface area contributed by atoms with Crippen LogP contribution < -0.4 is 10.2 Å². The lowest BCUT2D eigenvalue weighted by Gasteiger charge is -2.35. The second-order valence-electron chi connectivity index (χ2n) is 8.20. The molecule has 3 heterocycles. The lowest BCUT2D eigenvalue weighted by molar-refractivity contribution is -0.140. The van der Waals surface area contributed by atoms with E-state index < -0.39 is 0 Å². The SMILES string of the molecule is COC(=O)CCNC(=O)N1CCN(c2nnc(C)c3c(C)n(-c4ccc(C)cc4)nc23)CC1. The fourth-order valence-electron chi connectivity index (χ4n) is 4.07. The van der Waals surface area contributed by atoms with E-state index in [4.69, 9.17) is 5.10 Å². The lowest BCUT2D eigenvalue weighted by atomic mass is 10.2. The highest BCUT2D eigenvalue weighted by Gasteiger charge is 2.26. The summed E-state index contributed by atoms with van der Waals surface area (Å²) in [6.07, 6.45) is 0.155. The largest absolute Gasteiger partial charge is 0.469 e. The third-order valence-electron chi connectivity index (χ3n) is 5.96. The number of carbonyl (C=O) groups is 2. The van der Waals surface area contributed by atoms with E-state index in [1.165, 1.54) is 12.7 Å². The zero-order valence-corrected chi connectivity index (χ0v) is 19.5. The van der Waals surface area contributed by atoms with Gasteiger partial charge >= 0.3 is 12.0 Å². The van der Waals surface area contributed by atoms with E-state index in [1.54, 1.807) is 4.90 Å². The van der Waals surface area contributed by atoms with Crippen molar-refractivity contribution in [2.45, 2.75) is 27.2 Å². The van der Waals surface area contributed by atoms with Crippen LogP contribution in [0, 0.1) is 20.8 Å². The monoisotopic (exact) mass is 451 g/mol. The maximum Gasteiger partial charge on any atom is 0.317 e. The molecule has 1 fully saturated rings. The van der Waals surface area contributed by atoms with Crippen LogP contribution in [-0.2, 0) is 9.53 Å². The van der Waals surface area contributed by atoms with Crippen molar-refractivity contribution >= 4 is 28.7 Å². The molecule has 0 atom stereocenters. The molecule has 0 radical (unpaired) electrons. The van der Waals surface area contributed by atoms with Crippen molar-refractivity contribution in [1.82, 2.24) is 30.2 Å². The molecular weight excluding hydrogens is 422 g/mol. The molecule has 1 aromatic carbocycles. The molecule has 0 spiro atoms. The van der Waals surface area contributed by atoms with Gasteiger partial charge in [0.2, 0.25) is 0 Å². The van der Waals surface area contributed by atoms with Gasteiger partial charge in [-0.2, -0.15) is 10.2 Å². The predicted molar refractivity (Wildman–Crippen MR) is 125 cm³/mol. The first-order valence-electron chi connectivity index (χ1n) is 11.0. The van der Waals surface area contributed by atoms with E-state index >= 15 is 0 Å². The van der Waals surface area contributed by atoms with Crippen LogP contribution in [0.5, 0.6) is 0 Å². The van der Waals surface area contributed by atoms with Gasteiger partial charge in [0.25, 0.3) is 0 Å². The minimum Gasteiger partial charge on any atom is -0.469 e. The first kappa shape index (κ1) is 22.5. The van der Waals surface area contributed by atoms with E-state index in [2.05, 4.69) is 56.3 Å². The Kier molecular flexibility index (Phi) is 6.43. The van der Waals surface area contributed by atoms with Crippen LogP contribution in [0.25, 0.3) is 16.6 Å². The molecule has 10 nitrogen and oxygen atoms in total. The number of carbonyl (C=O) groups excluding carboxylic acids is 2. The van der Waals surface area contributed by atoms with Gasteiger partial charge in [0, 0.05) is 32.7 Å². The summed E-state index contributed by atoms with van der Waals surface area (Å²) in [6, 6.07) is 8.07. The molecule has 2 aromatic heterocycles. The van der Waals surface area contributed by atoms with E-state index in [1.807, 2.05) is 18.5 Å². The molecule has 0 aliphatic carbocycles. The minimum atomic E-state index is -0.345. The van der Waals surface area contributed by atoms with Crippen LogP contribution in [0.15, 0.2) is 24.3 Å². The Morgan fingerprint density at radius 2 is 1.73 bits per heavy atom. The van der Waals surface area contributed by atoms with E-state index in [9.17, 15) is 9.59 Å². The maximum absolute atomic E-state index is 12.4. The summed E-state index contributed by atoms with van der Waals surface area (Å²) in [5, 5.41) is 17.5. The number of benzene rings is 1. The Morgan fingerprint density at radius 3 is 2.39 bits per heavy atom. The summed E-state index contributed by atoms with van der Waals surface area (Å²) in [5.41, 5.74) is 4.87. The second kappa shape index (κ2) is 9.43. The average molecular weight is 452 g/mol. The highest BCUT2D eigenvalue weighted by molar-refractivity contribution is 5.92. The zero-order valence-electron chi connectivity index (χ0n) is 19.5. The molecule has 1 aliphatic heterocycles. The average Bonchev–Trinajstić information content (AvgIpc) is 3.17. The van der Waals surface area contributed by atoms with Gasteiger partial charge in [-0.05, 0) is 32.9 Å². The number of methoxy groups -OCH3 is 1. The highest BCUT2D eigenvalue weighted by atomic mass is 16.5. The summed E-state index contributed by atoms with van der Waals surface area (Å²) in [4.78, 5) is 27.5. The molecule has 1 saturated heterocycles. The van der Waals surface area contributed by atoms with Crippen LogP contribution in [0.1, 0.15) is 23.4 Å². The van der Waals surface area contributed by atoms with Crippen LogP contribution in [0.2, 0.25) is 0 Å². The quantitative estimate of drug-likeness (QED) is 0.593. The van der Waals surface area contributed by atoms with Crippen molar-refractivity contribution in [1.29, 1.82) is 0 Å². The molecule has 1 N–H and O–H groups in total. The standard InChI is InChI=1S/C23H29N7O3/c1-15-5-7-18(8-6-15)30-17(3)20-16(2)25-26-22(21(20)27-30)28-11-13-29(14-12-28)23(32)24-10-9-19(31)33-4/h5-8H,9-14H2,1-4H3,(H,24,32). The van der Waals surface area contributed by atoms with Crippen molar-refractivity contribution < 1.29 is 14.3 Å². The third-order valence-corrected chi connectivity index (χ3v) is 5.96. The fraction of sp³-hybridized carbons (Fsp3) is 0.435. The van der Waals surface area contributed by atoms with E-state index in [-0.39, 0.29) is 25.0 Å². The Morgan fingerprint density at radius 1 is 1.03 bits per heavy atom. The lowest BCUT2D eigenvalue weighted by Crippen LogP contribution is -2.52. The molecule has 1 aliphatic rings. The minimum absolute atomic E-state index is 0.155. The number of aryl methyl sites for hydroxylation is 3. The van der Waals surface area contributed by atoms with Crippen LogP contribution in [-0.4, -0.2) is 76.7 Å². The van der Waals surface area contributed by atoms with Gasteiger partial charge in [0.1, 0.15) is 5.52 Å². The topological polar surface area (TPSA) is 105 Å². The number of fused-ring (bicyclic) bond motifs is 1. The number of nitrogens with zero attached hydrogens (tertiary/aromatic N) is 6. The number of nitrogens with one attached hydrogen (secondary N) is 1. The van der Waals surface area contributed by atoms with Gasteiger partial charge in [-0.15, -0.1) is 5.10 Å². The predicted octanol–water partition coefficient (Wildman–Crippen LogP) is 2.14. The molecule has 33 heavy (non-hydrogen) atoms. The molecule has 2 amide bonds. The smallest absolute Gasteiger partial charge is 0.317 e.